The Morgan fingerprint density at radius 2 is 0.645 bits per heavy atom. The second kappa shape index (κ2) is 14.7. The lowest BCUT2D eigenvalue weighted by Gasteiger charge is -2.12. The number of nitrogens with zero attached hydrogens (tertiary/aromatic N) is 5. The van der Waals surface area contributed by atoms with Crippen LogP contribution < -0.4 is 0 Å². The molecule has 0 atom stereocenters. The normalized spacial score (nSPS) is 11.5. The molecule has 9 aromatic carbocycles. The first-order chi connectivity index (χ1) is 30.7. The van der Waals surface area contributed by atoms with Crippen molar-refractivity contribution in [3.8, 4) is 67.8 Å². The van der Waals surface area contributed by atoms with Crippen molar-refractivity contribution in [1.82, 2.24) is 24.1 Å². The van der Waals surface area contributed by atoms with Crippen molar-refractivity contribution in [1.29, 1.82) is 0 Å². The van der Waals surface area contributed by atoms with Crippen molar-refractivity contribution in [3.05, 3.63) is 224 Å². The highest BCUT2D eigenvalue weighted by atomic mass is 15.0. The van der Waals surface area contributed by atoms with Gasteiger partial charge in [-0.05, 0) is 82.9 Å². The Bertz CT molecular complexity index is 3550. The molecule has 0 aliphatic heterocycles. The Labute approximate surface area is 358 Å². The smallest absolute Gasteiger partial charge is 0.164 e. The summed E-state index contributed by atoms with van der Waals surface area (Å²) in [4.78, 5) is 14.9. The van der Waals surface area contributed by atoms with Gasteiger partial charge in [0.15, 0.2) is 17.5 Å². The van der Waals surface area contributed by atoms with Crippen LogP contribution in [-0.2, 0) is 0 Å². The Kier molecular flexibility index (Phi) is 8.42. The molecule has 3 heterocycles. The first-order valence-electron chi connectivity index (χ1n) is 20.9. The van der Waals surface area contributed by atoms with Gasteiger partial charge >= 0.3 is 0 Å². The van der Waals surface area contributed by atoms with Gasteiger partial charge in [0.2, 0.25) is 0 Å². The second-order valence-electron chi connectivity index (χ2n) is 15.7. The van der Waals surface area contributed by atoms with Crippen LogP contribution in [-0.4, -0.2) is 24.1 Å². The van der Waals surface area contributed by atoms with E-state index in [1.165, 1.54) is 49.2 Å². The maximum absolute atomic E-state index is 5.01. The van der Waals surface area contributed by atoms with Crippen LogP contribution in [0.1, 0.15) is 0 Å². The van der Waals surface area contributed by atoms with Crippen LogP contribution in [0.15, 0.2) is 224 Å². The average molecular weight is 792 g/mol. The molecular formula is C57H37N5. The summed E-state index contributed by atoms with van der Waals surface area (Å²) >= 11 is 0. The highest BCUT2D eigenvalue weighted by molar-refractivity contribution is 6.11. The summed E-state index contributed by atoms with van der Waals surface area (Å²) < 4.78 is 4.75. The SMILES string of the molecule is c1ccc(-c2nc(-c3ccccc3)nc(-c3cccc(-c4ccc5c6ccccc6n(-c6ccc(-c7ccc8c(c7)c7ccccc7n8-c7ccccc7)cc6)c5c4)c3)n2)cc1. The quantitative estimate of drug-likeness (QED) is 0.162. The minimum Gasteiger partial charge on any atom is -0.309 e. The molecule has 3 aromatic heterocycles. The standard InChI is InChI=1S/C57H37N5/c1-4-15-39(16-5-1)55-58-56(40-17-6-2-7-18-40)60-57(59-55)44-20-14-19-41(35-44)43-29-33-49-47-23-10-12-25-51(47)62(54(49)37-43)46-31-27-38(28-32-46)42-30-34-53-50(36-42)48-24-11-13-26-52(48)61(53)45-21-8-3-9-22-45/h1-37H. The molecular weight excluding hydrogens is 755 g/mol. The van der Waals surface area contributed by atoms with Crippen LogP contribution in [0, 0.1) is 0 Å². The zero-order valence-electron chi connectivity index (χ0n) is 33.6. The molecule has 12 aromatic rings. The molecule has 0 aliphatic rings. The summed E-state index contributed by atoms with van der Waals surface area (Å²) in [6.45, 7) is 0. The van der Waals surface area contributed by atoms with Gasteiger partial charge in [0.1, 0.15) is 0 Å². The zero-order chi connectivity index (χ0) is 41.0. The van der Waals surface area contributed by atoms with Gasteiger partial charge in [0.25, 0.3) is 0 Å². The van der Waals surface area contributed by atoms with Crippen molar-refractivity contribution in [2.75, 3.05) is 0 Å². The van der Waals surface area contributed by atoms with Crippen molar-refractivity contribution < 1.29 is 0 Å². The van der Waals surface area contributed by atoms with Crippen LogP contribution in [0.4, 0.5) is 0 Å². The van der Waals surface area contributed by atoms with Crippen LogP contribution in [0.25, 0.3) is 111 Å². The van der Waals surface area contributed by atoms with Crippen LogP contribution in [0.5, 0.6) is 0 Å². The van der Waals surface area contributed by atoms with Crippen molar-refractivity contribution in [2.45, 2.75) is 0 Å². The molecule has 0 unspecified atom stereocenters. The van der Waals surface area contributed by atoms with E-state index in [1.54, 1.807) is 0 Å². The predicted octanol–water partition coefficient (Wildman–Crippen LogP) is 14.4. The first kappa shape index (κ1) is 35.5. The van der Waals surface area contributed by atoms with E-state index in [4.69, 9.17) is 15.0 Å². The van der Waals surface area contributed by atoms with Crippen molar-refractivity contribution in [3.63, 3.8) is 0 Å². The maximum Gasteiger partial charge on any atom is 0.164 e. The summed E-state index contributed by atoms with van der Waals surface area (Å²) in [5, 5.41) is 4.92. The first-order valence-corrected chi connectivity index (χ1v) is 20.9. The lowest BCUT2D eigenvalue weighted by Crippen LogP contribution is -2.00. The second-order valence-corrected chi connectivity index (χ2v) is 15.7. The fraction of sp³-hybridized carbons (Fsp3) is 0. The summed E-state index contributed by atoms with van der Waals surface area (Å²) in [7, 11) is 0. The number of para-hydroxylation sites is 3. The highest BCUT2D eigenvalue weighted by Gasteiger charge is 2.17. The van der Waals surface area contributed by atoms with Crippen molar-refractivity contribution >= 4 is 43.6 Å². The molecule has 0 N–H and O–H groups in total. The van der Waals surface area contributed by atoms with E-state index in [9.17, 15) is 0 Å². The van der Waals surface area contributed by atoms with Gasteiger partial charge in [-0.25, -0.2) is 15.0 Å². The number of hydrogen-bond acceptors (Lipinski definition) is 3. The number of hydrogen-bond donors (Lipinski definition) is 0. The van der Waals surface area contributed by atoms with Gasteiger partial charge in [-0.1, -0.05) is 164 Å². The van der Waals surface area contributed by atoms with Gasteiger partial charge in [0.05, 0.1) is 22.1 Å². The van der Waals surface area contributed by atoms with Crippen LogP contribution in [0.3, 0.4) is 0 Å². The van der Waals surface area contributed by atoms with Gasteiger partial charge in [-0.2, -0.15) is 0 Å². The molecule has 0 fully saturated rings. The molecule has 5 nitrogen and oxygen atoms in total. The maximum atomic E-state index is 5.01. The predicted molar refractivity (Wildman–Crippen MR) is 256 cm³/mol. The molecule has 0 amide bonds. The average Bonchev–Trinajstić information content (AvgIpc) is 3.87. The fourth-order valence-electron chi connectivity index (χ4n) is 9.01. The van der Waals surface area contributed by atoms with Crippen LogP contribution in [0.2, 0.25) is 0 Å². The van der Waals surface area contributed by atoms with E-state index in [2.05, 4.69) is 173 Å². The molecule has 5 heteroatoms. The minimum absolute atomic E-state index is 0.635. The summed E-state index contributed by atoms with van der Waals surface area (Å²) in [6, 6.07) is 79.4. The Morgan fingerprint density at radius 1 is 0.226 bits per heavy atom. The van der Waals surface area contributed by atoms with Gasteiger partial charge in [-0.15, -0.1) is 0 Å². The number of benzene rings is 9. The van der Waals surface area contributed by atoms with E-state index in [0.29, 0.717) is 17.5 Å². The molecule has 62 heavy (non-hydrogen) atoms. The summed E-state index contributed by atoms with van der Waals surface area (Å²) in [5.74, 6) is 1.93. The fourth-order valence-corrected chi connectivity index (χ4v) is 9.01. The molecule has 0 aliphatic carbocycles. The van der Waals surface area contributed by atoms with Crippen LogP contribution >= 0.6 is 0 Å². The molecule has 0 saturated heterocycles. The van der Waals surface area contributed by atoms with Gasteiger partial charge in [0, 0.05) is 49.6 Å². The van der Waals surface area contributed by atoms with Gasteiger partial charge in [-0.3, -0.25) is 0 Å². The number of aromatic nitrogens is 5. The molecule has 0 radical (unpaired) electrons. The lowest BCUT2D eigenvalue weighted by atomic mass is 10.0. The molecule has 0 bridgehead atoms. The van der Waals surface area contributed by atoms with Crippen molar-refractivity contribution in [2.24, 2.45) is 0 Å². The zero-order valence-corrected chi connectivity index (χ0v) is 33.6. The summed E-state index contributed by atoms with van der Waals surface area (Å²) in [5.41, 5.74) is 14.4. The van der Waals surface area contributed by atoms with E-state index >= 15 is 0 Å². The third-order valence-corrected chi connectivity index (χ3v) is 12.0. The third kappa shape index (κ3) is 6.06. The van der Waals surface area contributed by atoms with E-state index in [1.807, 2.05) is 60.7 Å². The summed E-state index contributed by atoms with van der Waals surface area (Å²) in [6.07, 6.45) is 0. The minimum atomic E-state index is 0.635. The monoisotopic (exact) mass is 791 g/mol. The molecule has 0 saturated carbocycles. The highest BCUT2D eigenvalue weighted by Crippen LogP contribution is 2.38. The van der Waals surface area contributed by atoms with Gasteiger partial charge < -0.3 is 9.13 Å². The van der Waals surface area contributed by atoms with E-state index < -0.39 is 0 Å². The van der Waals surface area contributed by atoms with E-state index in [0.717, 1.165) is 44.7 Å². The third-order valence-electron chi connectivity index (χ3n) is 12.0. The Morgan fingerprint density at radius 3 is 1.31 bits per heavy atom. The topological polar surface area (TPSA) is 48.5 Å². The molecule has 290 valence electrons. The van der Waals surface area contributed by atoms with E-state index in [-0.39, 0.29) is 0 Å². The number of rotatable bonds is 7. The largest absolute Gasteiger partial charge is 0.309 e. The Balaban J connectivity index is 0.938. The lowest BCUT2D eigenvalue weighted by molar-refractivity contribution is 1.07. The molecule has 0 spiro atoms. The number of fused-ring (bicyclic) bond motifs is 6. The molecule has 12 rings (SSSR count). The Hall–Kier alpha value is -8.41.